The van der Waals surface area contributed by atoms with Gasteiger partial charge in [0.15, 0.2) is 0 Å². The maximum Gasteiger partial charge on any atom is 0.128 e. The summed E-state index contributed by atoms with van der Waals surface area (Å²) in [6.07, 6.45) is 1.78. The first-order valence-electron chi connectivity index (χ1n) is 5.66. The van der Waals surface area contributed by atoms with Crippen molar-refractivity contribution in [3.8, 4) is 0 Å². The molecule has 0 unspecified atom stereocenters. The van der Waals surface area contributed by atoms with Gasteiger partial charge in [-0.25, -0.2) is 9.37 Å². The van der Waals surface area contributed by atoms with E-state index in [1.54, 1.807) is 12.4 Å². The lowest BCUT2D eigenvalue weighted by Crippen LogP contribution is -1.99. The van der Waals surface area contributed by atoms with E-state index in [9.17, 15) is 4.39 Å². The number of rotatable bonds is 2. The van der Waals surface area contributed by atoms with Crippen molar-refractivity contribution in [1.82, 2.24) is 9.55 Å². The standard InChI is InChI=1S/C13H17FN2/c1-8(2)10-5-12-13(6-11(10)14)16(7-15-12)9(3)4/h5-9H,1-4H3. The Kier molecular flexibility index (Phi) is 2.70. The molecule has 0 atom stereocenters. The Morgan fingerprint density at radius 1 is 1.19 bits per heavy atom. The lowest BCUT2D eigenvalue weighted by Gasteiger charge is -2.10. The third-order valence-electron chi connectivity index (χ3n) is 2.87. The molecule has 0 bridgehead atoms. The van der Waals surface area contributed by atoms with Crippen LogP contribution in [0.15, 0.2) is 18.5 Å². The number of aromatic nitrogens is 2. The Hall–Kier alpha value is -1.38. The topological polar surface area (TPSA) is 17.8 Å². The summed E-state index contributed by atoms with van der Waals surface area (Å²) in [5.41, 5.74) is 2.48. The molecule has 86 valence electrons. The molecule has 2 aromatic rings. The number of hydrogen-bond acceptors (Lipinski definition) is 1. The van der Waals surface area contributed by atoms with E-state index in [0.717, 1.165) is 16.6 Å². The van der Waals surface area contributed by atoms with Crippen LogP contribution in [-0.2, 0) is 0 Å². The number of hydrogen-bond donors (Lipinski definition) is 0. The monoisotopic (exact) mass is 220 g/mol. The summed E-state index contributed by atoms with van der Waals surface area (Å²) in [7, 11) is 0. The van der Waals surface area contributed by atoms with Gasteiger partial charge in [-0.05, 0) is 31.4 Å². The normalized spacial score (nSPS) is 11.9. The molecule has 2 rings (SSSR count). The Labute approximate surface area is 95.1 Å². The fourth-order valence-electron chi connectivity index (χ4n) is 1.92. The molecule has 1 aromatic carbocycles. The second-order valence-electron chi connectivity index (χ2n) is 4.76. The third kappa shape index (κ3) is 1.70. The fraction of sp³-hybridized carbons (Fsp3) is 0.462. The van der Waals surface area contributed by atoms with E-state index in [0.29, 0.717) is 6.04 Å². The molecule has 0 amide bonds. The predicted octanol–water partition coefficient (Wildman–Crippen LogP) is 3.88. The van der Waals surface area contributed by atoms with Crippen molar-refractivity contribution in [2.24, 2.45) is 0 Å². The number of imidazole rings is 1. The average Bonchev–Trinajstić information content (AvgIpc) is 2.58. The van der Waals surface area contributed by atoms with Gasteiger partial charge in [0.25, 0.3) is 0 Å². The molecule has 16 heavy (non-hydrogen) atoms. The zero-order valence-corrected chi connectivity index (χ0v) is 10.2. The highest BCUT2D eigenvalue weighted by atomic mass is 19.1. The quantitative estimate of drug-likeness (QED) is 0.751. The highest BCUT2D eigenvalue weighted by Crippen LogP contribution is 2.25. The van der Waals surface area contributed by atoms with Gasteiger partial charge in [-0.1, -0.05) is 13.8 Å². The second-order valence-corrected chi connectivity index (χ2v) is 4.76. The first-order valence-corrected chi connectivity index (χ1v) is 5.66. The minimum atomic E-state index is -0.134. The van der Waals surface area contributed by atoms with Crippen molar-refractivity contribution in [3.63, 3.8) is 0 Å². The molecule has 2 nitrogen and oxygen atoms in total. The summed E-state index contributed by atoms with van der Waals surface area (Å²) >= 11 is 0. The van der Waals surface area contributed by atoms with Gasteiger partial charge in [0.2, 0.25) is 0 Å². The van der Waals surface area contributed by atoms with Gasteiger partial charge in [-0.15, -0.1) is 0 Å². The number of halogens is 1. The molecule has 1 heterocycles. The van der Waals surface area contributed by atoms with Crippen LogP contribution in [0.2, 0.25) is 0 Å². The summed E-state index contributed by atoms with van der Waals surface area (Å²) < 4.78 is 15.8. The molecule has 0 aliphatic carbocycles. The van der Waals surface area contributed by atoms with Crippen LogP contribution in [0.25, 0.3) is 11.0 Å². The maximum atomic E-state index is 13.9. The van der Waals surface area contributed by atoms with Crippen molar-refractivity contribution >= 4 is 11.0 Å². The van der Waals surface area contributed by atoms with Crippen molar-refractivity contribution in [3.05, 3.63) is 29.8 Å². The van der Waals surface area contributed by atoms with Crippen LogP contribution in [0.3, 0.4) is 0 Å². The molecule has 0 N–H and O–H groups in total. The zero-order chi connectivity index (χ0) is 11.9. The molecule has 0 saturated heterocycles. The summed E-state index contributed by atoms with van der Waals surface area (Å²) in [6, 6.07) is 3.75. The molecule has 0 saturated carbocycles. The molecule has 0 aliphatic heterocycles. The van der Waals surface area contributed by atoms with E-state index in [-0.39, 0.29) is 11.7 Å². The number of fused-ring (bicyclic) bond motifs is 1. The van der Waals surface area contributed by atoms with Crippen LogP contribution in [0.5, 0.6) is 0 Å². The lowest BCUT2D eigenvalue weighted by molar-refractivity contribution is 0.593. The summed E-state index contributed by atoms with van der Waals surface area (Å²) in [6.45, 7) is 8.11. The fourth-order valence-corrected chi connectivity index (χ4v) is 1.92. The van der Waals surface area contributed by atoms with Crippen LogP contribution >= 0.6 is 0 Å². The largest absolute Gasteiger partial charge is 0.328 e. The van der Waals surface area contributed by atoms with Gasteiger partial charge in [0, 0.05) is 12.1 Å². The highest BCUT2D eigenvalue weighted by molar-refractivity contribution is 5.76. The molecule has 1 aromatic heterocycles. The van der Waals surface area contributed by atoms with E-state index < -0.39 is 0 Å². The van der Waals surface area contributed by atoms with Crippen LogP contribution < -0.4 is 0 Å². The SMILES string of the molecule is CC(C)c1cc2ncn(C(C)C)c2cc1F. The summed E-state index contributed by atoms with van der Waals surface area (Å²) in [5, 5.41) is 0. The summed E-state index contributed by atoms with van der Waals surface area (Å²) in [5.74, 6) is 0.0542. The zero-order valence-electron chi connectivity index (χ0n) is 10.2. The van der Waals surface area contributed by atoms with Crippen LogP contribution in [0, 0.1) is 5.82 Å². The second kappa shape index (κ2) is 3.89. The van der Waals surface area contributed by atoms with E-state index in [1.165, 1.54) is 0 Å². The van der Waals surface area contributed by atoms with E-state index in [1.807, 2.05) is 24.5 Å². The van der Waals surface area contributed by atoms with Crippen LogP contribution in [0.1, 0.15) is 45.2 Å². The molecule has 0 spiro atoms. The lowest BCUT2D eigenvalue weighted by atomic mass is 10.0. The average molecular weight is 220 g/mol. The van der Waals surface area contributed by atoms with Gasteiger partial charge >= 0.3 is 0 Å². The smallest absolute Gasteiger partial charge is 0.128 e. The van der Waals surface area contributed by atoms with Gasteiger partial charge in [-0.2, -0.15) is 0 Å². The van der Waals surface area contributed by atoms with Crippen molar-refractivity contribution < 1.29 is 4.39 Å². The van der Waals surface area contributed by atoms with Crippen LogP contribution in [-0.4, -0.2) is 9.55 Å². The number of benzene rings is 1. The molecular formula is C13H17FN2. The minimum absolute atomic E-state index is 0.134. The molecule has 3 heteroatoms. The highest BCUT2D eigenvalue weighted by Gasteiger charge is 2.12. The third-order valence-corrected chi connectivity index (χ3v) is 2.87. The Bertz CT molecular complexity index is 512. The van der Waals surface area contributed by atoms with Crippen LogP contribution in [0.4, 0.5) is 4.39 Å². The van der Waals surface area contributed by atoms with Gasteiger partial charge in [-0.3, -0.25) is 0 Å². The van der Waals surface area contributed by atoms with Gasteiger partial charge in [0.05, 0.1) is 17.4 Å². The molecule has 0 fully saturated rings. The number of nitrogens with zero attached hydrogens (tertiary/aromatic N) is 2. The Morgan fingerprint density at radius 3 is 2.44 bits per heavy atom. The van der Waals surface area contributed by atoms with Gasteiger partial charge in [0.1, 0.15) is 5.82 Å². The van der Waals surface area contributed by atoms with E-state index in [2.05, 4.69) is 18.8 Å². The predicted molar refractivity (Wildman–Crippen MR) is 64.2 cm³/mol. The van der Waals surface area contributed by atoms with E-state index in [4.69, 9.17) is 0 Å². The first kappa shape index (κ1) is 11.1. The van der Waals surface area contributed by atoms with E-state index >= 15 is 0 Å². The molecule has 0 radical (unpaired) electrons. The molecular weight excluding hydrogens is 203 g/mol. The van der Waals surface area contributed by atoms with Gasteiger partial charge < -0.3 is 4.57 Å². The Balaban J connectivity index is 2.66. The van der Waals surface area contributed by atoms with Crippen molar-refractivity contribution in [2.45, 2.75) is 39.7 Å². The summed E-state index contributed by atoms with van der Waals surface area (Å²) in [4.78, 5) is 4.32. The minimum Gasteiger partial charge on any atom is -0.328 e. The first-order chi connectivity index (χ1) is 7.50. The Morgan fingerprint density at radius 2 is 1.88 bits per heavy atom. The molecule has 0 aliphatic rings. The van der Waals surface area contributed by atoms with Crippen molar-refractivity contribution in [2.75, 3.05) is 0 Å². The maximum absolute atomic E-state index is 13.9. The van der Waals surface area contributed by atoms with Crippen molar-refractivity contribution in [1.29, 1.82) is 0 Å².